The van der Waals surface area contributed by atoms with Crippen LogP contribution in [0.5, 0.6) is 5.75 Å². The van der Waals surface area contributed by atoms with E-state index in [0.717, 1.165) is 24.1 Å². The number of hydrogen-bond acceptors (Lipinski definition) is 4. The van der Waals surface area contributed by atoms with Crippen molar-refractivity contribution in [3.8, 4) is 5.75 Å². The third kappa shape index (κ3) is 7.29. The summed E-state index contributed by atoms with van der Waals surface area (Å²) < 4.78 is 7.64. The molecule has 0 spiro atoms. The van der Waals surface area contributed by atoms with Crippen LogP contribution in [0.2, 0.25) is 0 Å². The first-order valence-corrected chi connectivity index (χ1v) is 8.17. The first-order chi connectivity index (χ1) is 11.6. The van der Waals surface area contributed by atoms with Gasteiger partial charge in [-0.1, -0.05) is 12.1 Å². The van der Waals surface area contributed by atoms with Gasteiger partial charge in [0.05, 0.1) is 6.54 Å². The number of rotatable bonds is 7. The second-order valence-corrected chi connectivity index (χ2v) is 5.62. The normalized spacial score (nSPS) is 12.2. The number of hydrogen-bond donors (Lipinski definition) is 2. The maximum atomic E-state index is 5.92. The van der Waals surface area contributed by atoms with Crippen molar-refractivity contribution in [2.45, 2.75) is 33.4 Å². The summed E-state index contributed by atoms with van der Waals surface area (Å²) in [4.78, 5) is 8.70. The Morgan fingerprint density at radius 2 is 2.16 bits per heavy atom. The number of aliphatic imine (C=N–C) groups is 1. The SMILES string of the molecule is CCNC(=NCc1ncnn1C)NCC(C)Oc1cccc(C)c1.I. The summed E-state index contributed by atoms with van der Waals surface area (Å²) in [5.41, 5.74) is 1.19. The van der Waals surface area contributed by atoms with Gasteiger partial charge in [0, 0.05) is 13.6 Å². The molecule has 0 amide bonds. The maximum absolute atomic E-state index is 5.92. The van der Waals surface area contributed by atoms with Crippen LogP contribution in [0.15, 0.2) is 35.6 Å². The van der Waals surface area contributed by atoms with Crippen LogP contribution in [0, 0.1) is 6.92 Å². The standard InChI is InChI=1S/C17H26N6O.HI/c1-5-18-17(20-11-16-21-12-22-23(16)4)19-10-14(3)24-15-8-6-7-13(2)9-15;/h6-9,12,14H,5,10-11H2,1-4H3,(H2,18,19,20);1H. The molecule has 1 aromatic carbocycles. The minimum Gasteiger partial charge on any atom is -0.489 e. The second kappa shape index (κ2) is 10.9. The molecule has 0 bridgehead atoms. The molecule has 1 heterocycles. The first kappa shape index (κ1) is 21.2. The molecule has 8 heteroatoms. The summed E-state index contributed by atoms with van der Waals surface area (Å²) in [6.07, 6.45) is 1.55. The third-order valence-electron chi connectivity index (χ3n) is 3.41. The predicted octanol–water partition coefficient (Wildman–Crippen LogP) is 2.26. The smallest absolute Gasteiger partial charge is 0.191 e. The lowest BCUT2D eigenvalue weighted by atomic mass is 10.2. The van der Waals surface area contributed by atoms with E-state index in [0.29, 0.717) is 13.1 Å². The van der Waals surface area contributed by atoms with Crippen LogP contribution in [-0.4, -0.2) is 39.9 Å². The van der Waals surface area contributed by atoms with Gasteiger partial charge in [0.1, 0.15) is 30.5 Å². The molecule has 25 heavy (non-hydrogen) atoms. The van der Waals surface area contributed by atoms with Crippen LogP contribution in [0.3, 0.4) is 0 Å². The lowest BCUT2D eigenvalue weighted by molar-refractivity contribution is 0.223. The minimum absolute atomic E-state index is 0. The lowest BCUT2D eigenvalue weighted by Crippen LogP contribution is -2.41. The zero-order valence-corrected chi connectivity index (χ0v) is 17.5. The summed E-state index contributed by atoms with van der Waals surface area (Å²) in [6, 6.07) is 8.05. The molecule has 2 rings (SSSR count). The van der Waals surface area contributed by atoms with Gasteiger partial charge in [0.15, 0.2) is 5.96 Å². The Labute approximate surface area is 166 Å². The highest BCUT2D eigenvalue weighted by molar-refractivity contribution is 14.0. The van der Waals surface area contributed by atoms with Crippen LogP contribution >= 0.6 is 24.0 Å². The van der Waals surface area contributed by atoms with Crippen molar-refractivity contribution in [3.63, 3.8) is 0 Å². The predicted molar refractivity (Wildman–Crippen MR) is 111 cm³/mol. The van der Waals surface area contributed by atoms with Crippen molar-refractivity contribution in [1.29, 1.82) is 0 Å². The molecule has 0 aliphatic rings. The molecule has 0 radical (unpaired) electrons. The summed E-state index contributed by atoms with van der Waals surface area (Å²) in [6.45, 7) is 8.03. The highest BCUT2D eigenvalue weighted by atomic mass is 127. The quantitative estimate of drug-likeness (QED) is 0.378. The maximum Gasteiger partial charge on any atom is 0.191 e. The van der Waals surface area contributed by atoms with Gasteiger partial charge in [0.2, 0.25) is 0 Å². The van der Waals surface area contributed by atoms with Gasteiger partial charge in [-0.2, -0.15) is 5.10 Å². The fourth-order valence-corrected chi connectivity index (χ4v) is 2.16. The summed E-state index contributed by atoms with van der Waals surface area (Å²) in [5.74, 6) is 2.43. The van der Waals surface area contributed by atoms with Gasteiger partial charge < -0.3 is 15.4 Å². The van der Waals surface area contributed by atoms with Crippen molar-refractivity contribution < 1.29 is 4.74 Å². The fraction of sp³-hybridized carbons (Fsp3) is 0.471. The Balaban J connectivity index is 0.00000312. The van der Waals surface area contributed by atoms with E-state index in [1.54, 1.807) is 4.68 Å². The molecule has 0 saturated heterocycles. The molecular weight excluding hydrogens is 431 g/mol. The Kier molecular flexibility index (Phi) is 9.25. The molecule has 2 N–H and O–H groups in total. The van der Waals surface area contributed by atoms with Crippen LogP contribution < -0.4 is 15.4 Å². The van der Waals surface area contributed by atoms with Crippen molar-refractivity contribution in [2.75, 3.05) is 13.1 Å². The van der Waals surface area contributed by atoms with Gasteiger partial charge in [-0.05, 0) is 38.5 Å². The number of guanidine groups is 1. The summed E-state index contributed by atoms with van der Waals surface area (Å²) in [7, 11) is 1.86. The number of aryl methyl sites for hydroxylation is 2. The number of nitrogens with zero attached hydrogens (tertiary/aromatic N) is 4. The van der Waals surface area contributed by atoms with Gasteiger partial charge in [-0.3, -0.25) is 4.68 Å². The Bertz CT molecular complexity index is 673. The van der Waals surface area contributed by atoms with Gasteiger partial charge in [-0.25, -0.2) is 9.98 Å². The molecule has 7 nitrogen and oxygen atoms in total. The molecule has 2 aromatic rings. The third-order valence-corrected chi connectivity index (χ3v) is 3.41. The molecule has 1 unspecified atom stereocenters. The van der Waals surface area contributed by atoms with Crippen LogP contribution in [0.1, 0.15) is 25.2 Å². The second-order valence-electron chi connectivity index (χ2n) is 5.62. The van der Waals surface area contributed by atoms with E-state index in [-0.39, 0.29) is 30.1 Å². The molecule has 0 fully saturated rings. The van der Waals surface area contributed by atoms with E-state index in [4.69, 9.17) is 4.74 Å². The highest BCUT2D eigenvalue weighted by Crippen LogP contribution is 2.13. The van der Waals surface area contributed by atoms with Crippen LogP contribution in [0.25, 0.3) is 0 Å². The molecule has 0 aliphatic carbocycles. The first-order valence-electron chi connectivity index (χ1n) is 8.17. The van der Waals surface area contributed by atoms with E-state index in [2.05, 4.69) is 38.7 Å². The average Bonchev–Trinajstić information content (AvgIpc) is 2.95. The Morgan fingerprint density at radius 1 is 1.36 bits per heavy atom. The number of benzene rings is 1. The summed E-state index contributed by atoms with van der Waals surface area (Å²) >= 11 is 0. The monoisotopic (exact) mass is 458 g/mol. The topological polar surface area (TPSA) is 76.4 Å². The number of halogens is 1. The fourth-order valence-electron chi connectivity index (χ4n) is 2.16. The van der Waals surface area contributed by atoms with E-state index in [1.807, 2.05) is 39.1 Å². The van der Waals surface area contributed by atoms with E-state index >= 15 is 0 Å². The highest BCUT2D eigenvalue weighted by Gasteiger charge is 2.06. The Morgan fingerprint density at radius 3 is 2.80 bits per heavy atom. The van der Waals surface area contributed by atoms with Gasteiger partial charge in [-0.15, -0.1) is 24.0 Å². The van der Waals surface area contributed by atoms with Crippen LogP contribution in [0.4, 0.5) is 0 Å². The molecule has 0 aliphatic heterocycles. The van der Waals surface area contributed by atoms with Gasteiger partial charge in [0.25, 0.3) is 0 Å². The largest absolute Gasteiger partial charge is 0.489 e. The average molecular weight is 458 g/mol. The number of aromatic nitrogens is 3. The van der Waals surface area contributed by atoms with E-state index in [1.165, 1.54) is 11.9 Å². The lowest BCUT2D eigenvalue weighted by Gasteiger charge is -2.18. The molecule has 138 valence electrons. The van der Waals surface area contributed by atoms with Crippen LogP contribution in [-0.2, 0) is 13.6 Å². The van der Waals surface area contributed by atoms with Crippen molar-refractivity contribution in [2.24, 2.45) is 12.0 Å². The van der Waals surface area contributed by atoms with Crippen molar-refractivity contribution in [1.82, 2.24) is 25.4 Å². The minimum atomic E-state index is 0. The zero-order chi connectivity index (χ0) is 17.4. The number of nitrogens with one attached hydrogen (secondary N) is 2. The summed E-state index contributed by atoms with van der Waals surface area (Å²) in [5, 5.41) is 10.6. The molecular formula is C17H27IN6O. The van der Waals surface area contributed by atoms with Crippen molar-refractivity contribution >= 4 is 29.9 Å². The zero-order valence-electron chi connectivity index (χ0n) is 15.2. The Hall–Kier alpha value is -1.84. The molecule has 0 saturated carbocycles. The van der Waals surface area contributed by atoms with Crippen molar-refractivity contribution in [3.05, 3.63) is 42.0 Å². The molecule has 1 atom stereocenters. The number of ether oxygens (including phenoxy) is 1. The van der Waals surface area contributed by atoms with E-state index in [9.17, 15) is 0 Å². The van der Waals surface area contributed by atoms with Gasteiger partial charge >= 0.3 is 0 Å². The molecule has 1 aromatic heterocycles. The van der Waals surface area contributed by atoms with E-state index < -0.39 is 0 Å².